The van der Waals surface area contributed by atoms with E-state index in [-0.39, 0.29) is 0 Å². The maximum atomic E-state index is 9.00. The zero-order chi connectivity index (χ0) is 23.6. The van der Waals surface area contributed by atoms with Gasteiger partial charge in [0.1, 0.15) is 16.9 Å². The van der Waals surface area contributed by atoms with E-state index in [0.717, 1.165) is 44.6 Å². The molecule has 0 spiro atoms. The Hall–Kier alpha value is -4.48. The molecule has 0 bridgehead atoms. The summed E-state index contributed by atoms with van der Waals surface area (Å²) >= 11 is 0. The molecule has 6 rings (SSSR count). The van der Waals surface area contributed by atoms with Crippen molar-refractivity contribution in [1.29, 1.82) is 0 Å². The van der Waals surface area contributed by atoms with Crippen LogP contribution in [-0.4, -0.2) is 12.7 Å². The molecule has 0 aliphatic rings. The van der Waals surface area contributed by atoms with Crippen molar-refractivity contribution in [3.05, 3.63) is 121 Å². The lowest BCUT2D eigenvalue weighted by atomic mass is 10.0. The normalized spacial score (nSPS) is 11.0. The topological polar surface area (TPSA) is 45.8 Å². The number of furan rings is 1. The Morgan fingerprint density at radius 1 is 0.600 bits per heavy atom. The number of benzene rings is 5. The van der Waals surface area contributed by atoms with E-state index in [1.807, 2.05) is 72.8 Å². The highest BCUT2D eigenvalue weighted by atomic mass is 16.5. The van der Waals surface area contributed by atoms with Crippen LogP contribution in [0.4, 0.5) is 17.1 Å². The molecule has 4 nitrogen and oxygen atoms in total. The number of fused-ring (bicyclic) bond motifs is 3. The van der Waals surface area contributed by atoms with E-state index in [1.54, 1.807) is 0 Å². The molecule has 1 heterocycles. The van der Waals surface area contributed by atoms with Gasteiger partial charge in [-0.1, -0.05) is 66.7 Å². The average molecular weight is 454 g/mol. The summed E-state index contributed by atoms with van der Waals surface area (Å²) < 4.78 is 11.3. The summed E-state index contributed by atoms with van der Waals surface area (Å²) in [6.45, 7) is 0. The van der Waals surface area contributed by atoms with Gasteiger partial charge >= 0.3 is 7.69 Å². The van der Waals surface area contributed by atoms with Gasteiger partial charge in [-0.15, -0.1) is 0 Å². The summed E-state index contributed by atoms with van der Waals surface area (Å²) in [4.78, 5) is 2.21. The third-order valence-corrected chi connectivity index (χ3v) is 6.14. The van der Waals surface area contributed by atoms with Crippen LogP contribution in [0.1, 0.15) is 0 Å². The first-order valence-electron chi connectivity index (χ1n) is 11.4. The first kappa shape index (κ1) is 21.1. The van der Waals surface area contributed by atoms with Crippen LogP contribution in [0.5, 0.6) is 5.75 Å². The first-order chi connectivity index (χ1) is 17.3. The van der Waals surface area contributed by atoms with Crippen molar-refractivity contribution < 1.29 is 14.1 Å². The molecule has 1 radical (unpaired) electrons. The van der Waals surface area contributed by atoms with Gasteiger partial charge in [-0.3, -0.25) is 0 Å². The number of para-hydroxylation sites is 1. The van der Waals surface area contributed by atoms with Gasteiger partial charge < -0.3 is 19.0 Å². The second kappa shape index (κ2) is 9.05. The number of nitrogens with zero attached hydrogens (tertiary/aromatic N) is 1. The maximum absolute atomic E-state index is 9.00. The molecule has 1 aromatic heterocycles. The standard InChI is InChI=1S/C30H21BNO3/c33-31-35-25-19-17-24(18-20-25)32(23-15-13-22(14-16-23)21-7-2-1-3-8-21)27-10-6-12-29-30(27)26-9-4-5-11-28(26)34-29/h1-20,33H. The molecule has 5 heteroatoms. The van der Waals surface area contributed by atoms with Crippen LogP contribution in [0, 0.1) is 0 Å². The highest BCUT2D eigenvalue weighted by Gasteiger charge is 2.19. The van der Waals surface area contributed by atoms with Gasteiger partial charge in [0.25, 0.3) is 0 Å². The lowest BCUT2D eigenvalue weighted by molar-refractivity contribution is 0.454. The Bertz CT molecular complexity index is 1590. The highest BCUT2D eigenvalue weighted by molar-refractivity contribution is 6.17. The molecule has 35 heavy (non-hydrogen) atoms. The lowest BCUT2D eigenvalue weighted by Gasteiger charge is -2.26. The van der Waals surface area contributed by atoms with Crippen LogP contribution in [-0.2, 0) is 0 Å². The Morgan fingerprint density at radius 3 is 1.97 bits per heavy atom. The highest BCUT2D eigenvalue weighted by Crippen LogP contribution is 2.43. The Labute approximate surface area is 203 Å². The molecular formula is C30H21BNO3. The fraction of sp³-hybridized carbons (Fsp3) is 0. The Morgan fingerprint density at radius 2 is 1.23 bits per heavy atom. The largest absolute Gasteiger partial charge is 0.569 e. The molecule has 0 fully saturated rings. The molecule has 0 aliphatic heterocycles. The molecule has 0 saturated carbocycles. The number of hydrogen-bond acceptors (Lipinski definition) is 4. The monoisotopic (exact) mass is 454 g/mol. The fourth-order valence-corrected chi connectivity index (χ4v) is 4.54. The van der Waals surface area contributed by atoms with Crippen molar-refractivity contribution in [2.24, 2.45) is 0 Å². The van der Waals surface area contributed by atoms with Gasteiger partial charge in [0.15, 0.2) is 0 Å². The third-order valence-electron chi connectivity index (χ3n) is 6.14. The minimum atomic E-state index is 0.558. The molecule has 0 unspecified atom stereocenters. The van der Waals surface area contributed by atoms with E-state index in [4.69, 9.17) is 14.1 Å². The molecule has 1 N–H and O–H groups in total. The maximum Gasteiger partial charge on any atom is 0.569 e. The molecule has 167 valence electrons. The van der Waals surface area contributed by atoms with Gasteiger partial charge in [0, 0.05) is 16.8 Å². The predicted octanol–water partition coefficient (Wildman–Crippen LogP) is 7.63. The SMILES string of the molecule is O[B]Oc1ccc(N(c2ccc(-c3ccccc3)cc2)c2cccc3oc4ccccc4c23)cc1. The summed E-state index contributed by atoms with van der Waals surface area (Å²) in [5.41, 5.74) is 7.02. The van der Waals surface area contributed by atoms with Gasteiger partial charge in [0.2, 0.25) is 0 Å². The molecule has 0 saturated heterocycles. The van der Waals surface area contributed by atoms with E-state index in [1.165, 1.54) is 5.56 Å². The zero-order valence-corrected chi connectivity index (χ0v) is 18.8. The molecule has 5 aromatic carbocycles. The van der Waals surface area contributed by atoms with Crippen LogP contribution in [0.3, 0.4) is 0 Å². The first-order valence-corrected chi connectivity index (χ1v) is 11.4. The smallest absolute Gasteiger partial charge is 0.537 e. The second-order valence-electron chi connectivity index (χ2n) is 8.21. The van der Waals surface area contributed by atoms with E-state index in [0.29, 0.717) is 13.4 Å². The summed E-state index contributed by atoms with van der Waals surface area (Å²) in [6.07, 6.45) is 0. The average Bonchev–Trinajstić information content (AvgIpc) is 3.30. The minimum Gasteiger partial charge on any atom is -0.537 e. The van der Waals surface area contributed by atoms with Crippen LogP contribution < -0.4 is 9.55 Å². The van der Waals surface area contributed by atoms with Crippen molar-refractivity contribution in [2.45, 2.75) is 0 Å². The summed E-state index contributed by atoms with van der Waals surface area (Å²) in [5.74, 6) is 0.558. The number of hydrogen-bond donors (Lipinski definition) is 1. The van der Waals surface area contributed by atoms with E-state index in [9.17, 15) is 0 Å². The summed E-state index contributed by atoms with van der Waals surface area (Å²) in [6, 6.07) is 40.8. The number of anilines is 3. The predicted molar refractivity (Wildman–Crippen MR) is 142 cm³/mol. The van der Waals surface area contributed by atoms with E-state index in [2.05, 4.69) is 53.4 Å². The Balaban J connectivity index is 1.53. The molecule has 0 atom stereocenters. The van der Waals surface area contributed by atoms with E-state index < -0.39 is 0 Å². The van der Waals surface area contributed by atoms with Crippen molar-refractivity contribution in [2.75, 3.05) is 4.90 Å². The van der Waals surface area contributed by atoms with Gasteiger partial charge in [0.05, 0.1) is 11.1 Å². The van der Waals surface area contributed by atoms with E-state index >= 15 is 0 Å². The number of rotatable bonds is 6. The quantitative estimate of drug-likeness (QED) is 0.263. The second-order valence-corrected chi connectivity index (χ2v) is 8.21. The molecular weight excluding hydrogens is 433 g/mol. The zero-order valence-electron chi connectivity index (χ0n) is 18.8. The van der Waals surface area contributed by atoms with Crippen molar-refractivity contribution in [3.63, 3.8) is 0 Å². The summed E-state index contributed by atoms with van der Waals surface area (Å²) in [5, 5.41) is 11.1. The third kappa shape index (κ3) is 3.92. The van der Waals surface area contributed by atoms with Crippen molar-refractivity contribution in [3.8, 4) is 16.9 Å². The van der Waals surface area contributed by atoms with Crippen LogP contribution in [0.25, 0.3) is 33.1 Å². The lowest BCUT2D eigenvalue weighted by Crippen LogP contribution is -2.10. The molecule has 0 amide bonds. The van der Waals surface area contributed by atoms with Crippen LogP contribution >= 0.6 is 0 Å². The van der Waals surface area contributed by atoms with Gasteiger partial charge in [-0.2, -0.15) is 0 Å². The van der Waals surface area contributed by atoms with Gasteiger partial charge in [-0.25, -0.2) is 0 Å². The van der Waals surface area contributed by atoms with Crippen molar-refractivity contribution >= 4 is 46.7 Å². The van der Waals surface area contributed by atoms with Gasteiger partial charge in [-0.05, 0) is 65.7 Å². The van der Waals surface area contributed by atoms with Crippen LogP contribution in [0.2, 0.25) is 0 Å². The molecule has 0 aliphatic carbocycles. The minimum absolute atomic E-state index is 0.558. The summed E-state index contributed by atoms with van der Waals surface area (Å²) in [7, 11) is 0.688. The van der Waals surface area contributed by atoms with Crippen LogP contribution in [0.15, 0.2) is 126 Å². The van der Waals surface area contributed by atoms with Crippen molar-refractivity contribution in [1.82, 2.24) is 0 Å². The Kier molecular flexibility index (Phi) is 5.45. The molecule has 6 aromatic rings. The fourth-order valence-electron chi connectivity index (χ4n) is 4.54.